The number of rotatable bonds is 5. The second-order valence-corrected chi connectivity index (χ2v) is 6.23. The predicted octanol–water partition coefficient (Wildman–Crippen LogP) is 4.35. The second-order valence-electron chi connectivity index (χ2n) is 5.45. The monoisotopic (exact) mass is 414 g/mol. The summed E-state index contributed by atoms with van der Waals surface area (Å²) in [5.41, 5.74) is 1.71. The van der Waals surface area contributed by atoms with Crippen LogP contribution >= 0.6 is 15.9 Å². The van der Waals surface area contributed by atoms with Crippen molar-refractivity contribution in [1.29, 1.82) is 0 Å². The molecule has 0 saturated carbocycles. The van der Waals surface area contributed by atoms with Crippen LogP contribution in [0.3, 0.4) is 0 Å². The molecule has 2 N–H and O–H groups in total. The lowest BCUT2D eigenvalue weighted by atomic mass is 10.2. The highest BCUT2D eigenvalue weighted by molar-refractivity contribution is 9.10. The van der Waals surface area contributed by atoms with Gasteiger partial charge < -0.3 is 19.5 Å². The molecule has 0 aliphatic heterocycles. The summed E-state index contributed by atoms with van der Waals surface area (Å²) in [4.78, 5) is 24.9. The Morgan fingerprint density at radius 3 is 2.46 bits per heavy atom. The highest BCUT2D eigenvalue weighted by Gasteiger charge is 2.17. The van der Waals surface area contributed by atoms with Crippen molar-refractivity contribution in [3.05, 3.63) is 82.2 Å². The van der Waals surface area contributed by atoms with Crippen molar-refractivity contribution in [3.8, 4) is 0 Å². The third-order valence-electron chi connectivity index (χ3n) is 3.43. The van der Waals surface area contributed by atoms with Crippen molar-refractivity contribution in [3.63, 3.8) is 0 Å². The number of benzene rings is 1. The fourth-order valence-corrected chi connectivity index (χ4v) is 2.44. The lowest BCUT2D eigenvalue weighted by molar-refractivity contribution is -0.113. The summed E-state index contributed by atoms with van der Waals surface area (Å²) in [6, 6.07) is 13.8. The maximum Gasteiger partial charge on any atom is 0.291 e. The van der Waals surface area contributed by atoms with Crippen LogP contribution in [-0.4, -0.2) is 11.8 Å². The average Bonchev–Trinajstić information content (AvgIpc) is 3.28. The molecule has 3 aromatic rings. The summed E-state index contributed by atoms with van der Waals surface area (Å²) in [5.74, 6) is -0.526. The molecule has 0 aliphatic rings. The van der Waals surface area contributed by atoms with Gasteiger partial charge in [0.15, 0.2) is 10.4 Å². The van der Waals surface area contributed by atoms with Gasteiger partial charge in [0, 0.05) is 11.8 Å². The highest BCUT2D eigenvalue weighted by Crippen LogP contribution is 2.16. The van der Waals surface area contributed by atoms with Crippen molar-refractivity contribution in [1.82, 2.24) is 5.32 Å². The van der Waals surface area contributed by atoms with Crippen LogP contribution in [0.25, 0.3) is 6.08 Å². The molecule has 0 atom stereocenters. The van der Waals surface area contributed by atoms with E-state index < -0.39 is 11.8 Å². The smallest absolute Gasteiger partial charge is 0.291 e. The number of hydrogen-bond acceptors (Lipinski definition) is 4. The molecular weight excluding hydrogens is 400 g/mol. The van der Waals surface area contributed by atoms with E-state index in [0.29, 0.717) is 16.1 Å². The Morgan fingerprint density at radius 1 is 1.08 bits per heavy atom. The molecule has 0 spiro atoms. The van der Waals surface area contributed by atoms with E-state index in [4.69, 9.17) is 8.83 Å². The van der Waals surface area contributed by atoms with Crippen LogP contribution in [-0.2, 0) is 4.79 Å². The SMILES string of the molecule is Cc1ccc(NC(=O)/C(=C\c2ccco2)NC(=O)c2ccc(Br)o2)cc1. The Hall–Kier alpha value is -3.06. The van der Waals surface area contributed by atoms with E-state index in [2.05, 4.69) is 26.6 Å². The topological polar surface area (TPSA) is 84.5 Å². The molecule has 6 nitrogen and oxygen atoms in total. The molecule has 1 aromatic carbocycles. The zero-order valence-corrected chi connectivity index (χ0v) is 15.4. The molecule has 2 aromatic heterocycles. The van der Waals surface area contributed by atoms with E-state index in [1.165, 1.54) is 18.4 Å². The third kappa shape index (κ3) is 4.52. The van der Waals surface area contributed by atoms with Crippen LogP contribution in [0.4, 0.5) is 5.69 Å². The van der Waals surface area contributed by atoms with Gasteiger partial charge in [-0.05, 0) is 59.3 Å². The van der Waals surface area contributed by atoms with Gasteiger partial charge in [-0.3, -0.25) is 9.59 Å². The molecule has 0 fully saturated rings. The van der Waals surface area contributed by atoms with Gasteiger partial charge in [0.25, 0.3) is 11.8 Å². The van der Waals surface area contributed by atoms with Gasteiger partial charge in [-0.2, -0.15) is 0 Å². The minimum absolute atomic E-state index is 0.0260. The Kier molecular flexibility index (Phi) is 5.38. The van der Waals surface area contributed by atoms with Crippen molar-refractivity contribution in [2.45, 2.75) is 6.92 Å². The van der Waals surface area contributed by atoms with Crippen LogP contribution in [0, 0.1) is 6.92 Å². The van der Waals surface area contributed by atoms with Crippen molar-refractivity contribution >= 4 is 39.5 Å². The minimum atomic E-state index is -0.549. The summed E-state index contributed by atoms with van der Waals surface area (Å²) >= 11 is 3.14. The van der Waals surface area contributed by atoms with Gasteiger partial charge in [0.1, 0.15) is 11.5 Å². The molecule has 0 radical (unpaired) electrons. The van der Waals surface area contributed by atoms with Gasteiger partial charge in [-0.1, -0.05) is 17.7 Å². The summed E-state index contributed by atoms with van der Waals surface area (Å²) in [5, 5.41) is 5.29. The number of carbonyl (C=O) groups excluding carboxylic acids is 2. The molecule has 26 heavy (non-hydrogen) atoms. The van der Waals surface area contributed by atoms with E-state index in [1.54, 1.807) is 30.3 Å². The molecule has 7 heteroatoms. The quantitative estimate of drug-likeness (QED) is 0.607. The van der Waals surface area contributed by atoms with E-state index >= 15 is 0 Å². The highest BCUT2D eigenvalue weighted by atomic mass is 79.9. The first-order chi connectivity index (χ1) is 12.5. The maximum absolute atomic E-state index is 12.6. The number of halogens is 1. The minimum Gasteiger partial charge on any atom is -0.465 e. The largest absolute Gasteiger partial charge is 0.465 e. The molecule has 0 aliphatic carbocycles. The van der Waals surface area contributed by atoms with Crippen LogP contribution < -0.4 is 10.6 Å². The van der Waals surface area contributed by atoms with Crippen molar-refractivity contribution in [2.75, 3.05) is 5.32 Å². The van der Waals surface area contributed by atoms with Gasteiger partial charge in [-0.25, -0.2) is 0 Å². The van der Waals surface area contributed by atoms with Crippen LogP contribution in [0.15, 0.2) is 74.0 Å². The van der Waals surface area contributed by atoms with E-state index in [-0.39, 0.29) is 11.5 Å². The van der Waals surface area contributed by atoms with Gasteiger partial charge in [0.2, 0.25) is 0 Å². The molecule has 132 valence electrons. The van der Waals surface area contributed by atoms with E-state index in [0.717, 1.165) is 5.56 Å². The predicted molar refractivity (Wildman–Crippen MR) is 100 cm³/mol. The van der Waals surface area contributed by atoms with E-state index in [9.17, 15) is 9.59 Å². The van der Waals surface area contributed by atoms with Gasteiger partial charge in [-0.15, -0.1) is 0 Å². The number of carbonyl (C=O) groups is 2. The Labute approximate surface area is 158 Å². The number of furan rings is 2. The number of nitrogens with one attached hydrogen (secondary N) is 2. The van der Waals surface area contributed by atoms with E-state index in [1.807, 2.05) is 19.1 Å². The van der Waals surface area contributed by atoms with Gasteiger partial charge >= 0.3 is 0 Å². The van der Waals surface area contributed by atoms with Crippen LogP contribution in [0.1, 0.15) is 21.9 Å². The third-order valence-corrected chi connectivity index (χ3v) is 3.86. The molecular formula is C19H15BrN2O4. The Bertz CT molecular complexity index is 940. The molecule has 3 rings (SSSR count). The average molecular weight is 415 g/mol. The summed E-state index contributed by atoms with van der Waals surface area (Å²) in [7, 11) is 0. The van der Waals surface area contributed by atoms with Crippen molar-refractivity contribution in [2.24, 2.45) is 0 Å². The van der Waals surface area contributed by atoms with Crippen molar-refractivity contribution < 1.29 is 18.4 Å². The molecule has 2 heterocycles. The fraction of sp³-hybridized carbons (Fsp3) is 0.0526. The fourth-order valence-electron chi connectivity index (χ4n) is 2.13. The standard InChI is InChI=1S/C19H15BrN2O4/c1-12-4-6-13(7-5-12)21-18(23)15(11-14-3-2-10-25-14)22-19(24)16-8-9-17(20)26-16/h2-11H,1H3,(H,21,23)(H,22,24)/b15-11+. The zero-order chi connectivity index (χ0) is 18.5. The molecule has 0 saturated heterocycles. The maximum atomic E-state index is 12.6. The number of anilines is 1. The Balaban J connectivity index is 1.82. The molecule has 2 amide bonds. The first-order valence-corrected chi connectivity index (χ1v) is 8.50. The zero-order valence-electron chi connectivity index (χ0n) is 13.8. The second kappa shape index (κ2) is 7.88. The van der Waals surface area contributed by atoms with Gasteiger partial charge in [0.05, 0.1) is 6.26 Å². The normalized spacial score (nSPS) is 11.2. The summed E-state index contributed by atoms with van der Waals surface area (Å²) in [6.45, 7) is 1.95. The molecule has 0 unspecified atom stereocenters. The van der Waals surface area contributed by atoms with Crippen LogP contribution in [0.2, 0.25) is 0 Å². The molecule has 0 bridgehead atoms. The van der Waals surface area contributed by atoms with Crippen LogP contribution in [0.5, 0.6) is 0 Å². The first-order valence-electron chi connectivity index (χ1n) is 7.71. The number of amides is 2. The lowest BCUT2D eigenvalue weighted by Crippen LogP contribution is -2.30. The summed E-state index contributed by atoms with van der Waals surface area (Å²) in [6.07, 6.45) is 2.92. The number of aryl methyl sites for hydroxylation is 1. The lowest BCUT2D eigenvalue weighted by Gasteiger charge is -2.10. The summed E-state index contributed by atoms with van der Waals surface area (Å²) < 4.78 is 10.9. The first kappa shape index (κ1) is 17.8. The Morgan fingerprint density at radius 2 is 1.85 bits per heavy atom. The number of hydrogen-bond donors (Lipinski definition) is 2.